The zero-order valence-corrected chi connectivity index (χ0v) is 6.84. The van der Waals surface area contributed by atoms with Crippen molar-refractivity contribution in [2.24, 2.45) is 5.92 Å². The van der Waals surface area contributed by atoms with Crippen molar-refractivity contribution in [3.05, 3.63) is 0 Å². The van der Waals surface area contributed by atoms with Crippen molar-refractivity contribution in [3.8, 4) is 0 Å². The molecule has 0 spiro atoms. The number of nitrogens with one attached hydrogen (secondary N) is 1. The fourth-order valence-electron chi connectivity index (χ4n) is 1.68. The van der Waals surface area contributed by atoms with Gasteiger partial charge in [0.15, 0.2) is 0 Å². The molecule has 1 rings (SSSR count). The van der Waals surface area contributed by atoms with Crippen LogP contribution in [-0.4, -0.2) is 23.7 Å². The Labute approximate surface area is 66.8 Å². The monoisotopic (exact) mass is 157 g/mol. The fourth-order valence-corrected chi connectivity index (χ4v) is 1.68. The second-order valence-electron chi connectivity index (χ2n) is 3.10. The van der Waals surface area contributed by atoms with Gasteiger partial charge in [-0.15, -0.1) is 0 Å². The summed E-state index contributed by atoms with van der Waals surface area (Å²) in [4.78, 5) is 10.5. The minimum atomic E-state index is -0.634. The SMILES string of the molecule is CCN[C@@H]1CC[C@@H](C(=O)O)C1. The number of carboxylic acid groups (broad SMARTS) is 1. The number of rotatable bonds is 3. The van der Waals surface area contributed by atoms with E-state index in [1.807, 2.05) is 6.92 Å². The van der Waals surface area contributed by atoms with Gasteiger partial charge in [0.25, 0.3) is 0 Å². The number of hydrogen-bond donors (Lipinski definition) is 2. The Morgan fingerprint density at radius 3 is 2.82 bits per heavy atom. The Morgan fingerprint density at radius 1 is 1.64 bits per heavy atom. The molecule has 0 heterocycles. The molecule has 0 bridgehead atoms. The first-order valence-corrected chi connectivity index (χ1v) is 4.20. The maximum absolute atomic E-state index is 10.5. The first kappa shape index (κ1) is 8.53. The summed E-state index contributed by atoms with van der Waals surface area (Å²) in [5, 5.41) is 11.9. The second kappa shape index (κ2) is 3.72. The summed E-state index contributed by atoms with van der Waals surface area (Å²) in [5.74, 6) is -0.732. The average molecular weight is 157 g/mol. The van der Waals surface area contributed by atoms with Gasteiger partial charge >= 0.3 is 5.97 Å². The van der Waals surface area contributed by atoms with Gasteiger partial charge in [-0.25, -0.2) is 0 Å². The molecule has 0 amide bonds. The molecule has 1 aliphatic carbocycles. The lowest BCUT2D eigenvalue weighted by Crippen LogP contribution is -2.26. The maximum atomic E-state index is 10.5. The molecule has 2 N–H and O–H groups in total. The third kappa shape index (κ3) is 2.19. The Bertz CT molecular complexity index is 147. The van der Waals surface area contributed by atoms with E-state index in [-0.39, 0.29) is 5.92 Å². The Kier molecular flexibility index (Phi) is 2.88. The number of carboxylic acids is 1. The van der Waals surface area contributed by atoms with E-state index >= 15 is 0 Å². The number of carbonyl (C=O) groups is 1. The molecule has 0 radical (unpaired) electrons. The molecule has 0 aromatic rings. The van der Waals surface area contributed by atoms with Crippen LogP contribution in [0.25, 0.3) is 0 Å². The molecule has 1 fully saturated rings. The molecule has 3 heteroatoms. The van der Waals surface area contributed by atoms with Crippen molar-refractivity contribution in [1.29, 1.82) is 0 Å². The van der Waals surface area contributed by atoms with Crippen LogP contribution in [-0.2, 0) is 4.79 Å². The van der Waals surface area contributed by atoms with Crippen LogP contribution in [0.4, 0.5) is 0 Å². The molecule has 0 unspecified atom stereocenters. The molecule has 0 saturated heterocycles. The highest BCUT2D eigenvalue weighted by Crippen LogP contribution is 2.25. The summed E-state index contributed by atoms with van der Waals surface area (Å²) in [6, 6.07) is 0.445. The van der Waals surface area contributed by atoms with Gasteiger partial charge in [0.05, 0.1) is 5.92 Å². The van der Waals surface area contributed by atoms with Crippen molar-refractivity contribution in [3.63, 3.8) is 0 Å². The van der Waals surface area contributed by atoms with Gasteiger partial charge in [0, 0.05) is 6.04 Å². The molecule has 0 aliphatic heterocycles. The van der Waals surface area contributed by atoms with Crippen molar-refractivity contribution >= 4 is 5.97 Å². The van der Waals surface area contributed by atoms with E-state index in [9.17, 15) is 4.79 Å². The highest BCUT2D eigenvalue weighted by atomic mass is 16.4. The van der Waals surface area contributed by atoms with Crippen LogP contribution >= 0.6 is 0 Å². The molecule has 2 atom stereocenters. The van der Waals surface area contributed by atoms with E-state index in [1.165, 1.54) is 0 Å². The van der Waals surface area contributed by atoms with Crippen LogP contribution in [0.15, 0.2) is 0 Å². The summed E-state index contributed by atoms with van der Waals surface area (Å²) >= 11 is 0. The Hall–Kier alpha value is -0.570. The van der Waals surface area contributed by atoms with Crippen molar-refractivity contribution in [2.75, 3.05) is 6.54 Å². The molecular weight excluding hydrogens is 142 g/mol. The van der Waals surface area contributed by atoms with E-state index in [4.69, 9.17) is 5.11 Å². The number of aliphatic carboxylic acids is 1. The summed E-state index contributed by atoms with van der Waals surface area (Å²) < 4.78 is 0. The van der Waals surface area contributed by atoms with Crippen LogP contribution < -0.4 is 5.32 Å². The van der Waals surface area contributed by atoms with Gasteiger partial charge in [-0.05, 0) is 25.8 Å². The first-order chi connectivity index (χ1) is 5.24. The number of hydrogen-bond acceptors (Lipinski definition) is 2. The quantitative estimate of drug-likeness (QED) is 0.638. The summed E-state index contributed by atoms with van der Waals surface area (Å²) in [6.45, 7) is 2.99. The zero-order valence-electron chi connectivity index (χ0n) is 6.84. The normalized spacial score (nSPS) is 30.6. The fraction of sp³-hybridized carbons (Fsp3) is 0.875. The summed E-state index contributed by atoms with van der Waals surface area (Å²) in [6.07, 6.45) is 2.67. The predicted octanol–water partition coefficient (Wildman–Crippen LogP) is 0.849. The van der Waals surface area contributed by atoms with Crippen LogP contribution in [0.1, 0.15) is 26.2 Å². The van der Waals surface area contributed by atoms with E-state index in [0.29, 0.717) is 6.04 Å². The van der Waals surface area contributed by atoms with Gasteiger partial charge in [-0.3, -0.25) is 4.79 Å². The molecule has 3 nitrogen and oxygen atoms in total. The molecule has 1 saturated carbocycles. The van der Waals surface area contributed by atoms with E-state index in [2.05, 4.69) is 5.32 Å². The standard InChI is InChI=1S/C8H15NO2/c1-2-9-7-4-3-6(5-7)8(10)11/h6-7,9H,2-5H2,1H3,(H,10,11)/t6-,7-/m1/s1. The minimum absolute atomic E-state index is 0.0981. The molecular formula is C8H15NO2. The molecule has 1 aliphatic rings. The van der Waals surface area contributed by atoms with Crippen molar-refractivity contribution in [1.82, 2.24) is 5.32 Å². The van der Waals surface area contributed by atoms with Gasteiger partial charge in [-0.2, -0.15) is 0 Å². The topological polar surface area (TPSA) is 49.3 Å². The Balaban J connectivity index is 2.29. The average Bonchev–Trinajstić information content (AvgIpc) is 2.37. The van der Waals surface area contributed by atoms with Crippen LogP contribution in [0.5, 0.6) is 0 Å². The predicted molar refractivity (Wildman–Crippen MR) is 42.4 cm³/mol. The van der Waals surface area contributed by atoms with E-state index < -0.39 is 5.97 Å². The summed E-state index contributed by atoms with van der Waals surface area (Å²) in [7, 11) is 0. The van der Waals surface area contributed by atoms with Crippen molar-refractivity contribution in [2.45, 2.75) is 32.2 Å². The molecule has 0 aromatic heterocycles. The lowest BCUT2D eigenvalue weighted by molar-refractivity contribution is -0.141. The smallest absolute Gasteiger partial charge is 0.306 e. The van der Waals surface area contributed by atoms with Crippen LogP contribution in [0.2, 0.25) is 0 Å². The van der Waals surface area contributed by atoms with Gasteiger partial charge in [-0.1, -0.05) is 6.92 Å². The van der Waals surface area contributed by atoms with Crippen LogP contribution in [0, 0.1) is 5.92 Å². The summed E-state index contributed by atoms with van der Waals surface area (Å²) in [5.41, 5.74) is 0. The van der Waals surface area contributed by atoms with Gasteiger partial charge in [0.1, 0.15) is 0 Å². The first-order valence-electron chi connectivity index (χ1n) is 4.20. The molecule has 64 valence electrons. The zero-order chi connectivity index (χ0) is 8.27. The van der Waals surface area contributed by atoms with Gasteiger partial charge < -0.3 is 10.4 Å². The lowest BCUT2D eigenvalue weighted by atomic mass is 10.1. The van der Waals surface area contributed by atoms with Gasteiger partial charge in [0.2, 0.25) is 0 Å². The van der Waals surface area contributed by atoms with E-state index in [0.717, 1.165) is 25.8 Å². The lowest BCUT2D eigenvalue weighted by Gasteiger charge is -2.08. The van der Waals surface area contributed by atoms with Crippen LogP contribution in [0.3, 0.4) is 0 Å². The van der Waals surface area contributed by atoms with Crippen molar-refractivity contribution < 1.29 is 9.90 Å². The maximum Gasteiger partial charge on any atom is 0.306 e. The van der Waals surface area contributed by atoms with E-state index in [1.54, 1.807) is 0 Å². The minimum Gasteiger partial charge on any atom is -0.481 e. The largest absolute Gasteiger partial charge is 0.481 e. The molecule has 11 heavy (non-hydrogen) atoms. The Morgan fingerprint density at radius 2 is 2.36 bits per heavy atom. The highest BCUT2D eigenvalue weighted by molar-refractivity contribution is 5.70. The second-order valence-corrected chi connectivity index (χ2v) is 3.10. The third-order valence-corrected chi connectivity index (χ3v) is 2.27. The molecule has 0 aromatic carbocycles. The highest BCUT2D eigenvalue weighted by Gasteiger charge is 2.28. The third-order valence-electron chi connectivity index (χ3n) is 2.27.